The van der Waals surface area contributed by atoms with Crippen LogP contribution in [0.25, 0.3) is 0 Å². The molecule has 0 amide bonds. The van der Waals surface area contributed by atoms with Gasteiger partial charge in [-0.1, -0.05) is 17.7 Å². The van der Waals surface area contributed by atoms with E-state index >= 15 is 0 Å². The molecular weight excluding hydrogens is 352 g/mol. The zero-order valence-corrected chi connectivity index (χ0v) is 16.6. The standard InChI is InChI=1S/C22H22N4O2/c1-13-10-14(2)19(15(3)11-13)28-21-16(4)26(5)22(27)20(25-21)24-18-8-6-17(12-23)7-9-18/h6-11H,1-5H3,(H,24,25). The third kappa shape index (κ3) is 3.74. The van der Waals surface area contributed by atoms with Crippen molar-refractivity contribution in [3.63, 3.8) is 0 Å². The first-order valence-corrected chi connectivity index (χ1v) is 8.90. The quantitative estimate of drug-likeness (QED) is 0.731. The minimum absolute atomic E-state index is 0.162. The van der Waals surface area contributed by atoms with Gasteiger partial charge in [0.15, 0.2) is 0 Å². The van der Waals surface area contributed by atoms with Gasteiger partial charge in [0.2, 0.25) is 11.7 Å². The van der Waals surface area contributed by atoms with E-state index in [9.17, 15) is 4.79 Å². The molecule has 6 nitrogen and oxygen atoms in total. The summed E-state index contributed by atoms with van der Waals surface area (Å²) in [7, 11) is 1.69. The first kappa shape index (κ1) is 19.2. The predicted octanol–water partition coefficient (Wildman–Crippen LogP) is 4.42. The molecule has 0 saturated carbocycles. The van der Waals surface area contributed by atoms with E-state index in [1.54, 1.807) is 38.2 Å². The number of ether oxygens (including phenoxy) is 1. The van der Waals surface area contributed by atoms with Gasteiger partial charge < -0.3 is 14.6 Å². The molecule has 0 unspecified atom stereocenters. The minimum atomic E-state index is -0.258. The van der Waals surface area contributed by atoms with Gasteiger partial charge in [-0.3, -0.25) is 4.79 Å². The maximum absolute atomic E-state index is 12.6. The van der Waals surface area contributed by atoms with Gasteiger partial charge in [-0.2, -0.15) is 10.2 Å². The largest absolute Gasteiger partial charge is 0.437 e. The van der Waals surface area contributed by atoms with Crippen molar-refractivity contribution in [1.29, 1.82) is 5.26 Å². The number of rotatable bonds is 4. The normalized spacial score (nSPS) is 10.4. The Morgan fingerprint density at radius 2 is 1.68 bits per heavy atom. The molecule has 0 aliphatic heterocycles. The van der Waals surface area contributed by atoms with Crippen molar-refractivity contribution >= 4 is 11.5 Å². The van der Waals surface area contributed by atoms with E-state index in [-0.39, 0.29) is 11.4 Å². The Morgan fingerprint density at radius 3 is 2.25 bits per heavy atom. The van der Waals surface area contributed by atoms with Gasteiger partial charge in [0, 0.05) is 12.7 Å². The summed E-state index contributed by atoms with van der Waals surface area (Å²) in [6.07, 6.45) is 0. The van der Waals surface area contributed by atoms with Crippen LogP contribution in [0.5, 0.6) is 11.6 Å². The molecule has 0 aliphatic rings. The molecule has 0 fully saturated rings. The monoisotopic (exact) mass is 374 g/mol. The third-order valence-electron chi connectivity index (χ3n) is 4.61. The highest BCUT2D eigenvalue weighted by atomic mass is 16.5. The van der Waals surface area contributed by atoms with E-state index < -0.39 is 0 Å². The van der Waals surface area contributed by atoms with Crippen LogP contribution in [0.15, 0.2) is 41.2 Å². The Morgan fingerprint density at radius 1 is 1.07 bits per heavy atom. The summed E-state index contributed by atoms with van der Waals surface area (Å²) >= 11 is 0. The highest BCUT2D eigenvalue weighted by Gasteiger charge is 2.16. The maximum atomic E-state index is 12.6. The van der Waals surface area contributed by atoms with Crippen molar-refractivity contribution in [3.8, 4) is 17.7 Å². The lowest BCUT2D eigenvalue weighted by Gasteiger charge is -2.16. The van der Waals surface area contributed by atoms with Crippen molar-refractivity contribution < 1.29 is 4.74 Å². The fourth-order valence-electron chi connectivity index (χ4n) is 3.05. The van der Waals surface area contributed by atoms with Crippen LogP contribution < -0.4 is 15.6 Å². The Labute approximate surface area is 164 Å². The summed E-state index contributed by atoms with van der Waals surface area (Å²) in [5, 5.41) is 11.9. The van der Waals surface area contributed by atoms with Gasteiger partial charge >= 0.3 is 0 Å². The predicted molar refractivity (Wildman–Crippen MR) is 109 cm³/mol. The summed E-state index contributed by atoms with van der Waals surface area (Å²) in [4.78, 5) is 17.1. The molecule has 0 atom stereocenters. The number of aromatic nitrogens is 2. The molecule has 0 radical (unpaired) electrons. The van der Waals surface area contributed by atoms with E-state index in [4.69, 9.17) is 10.00 Å². The topological polar surface area (TPSA) is 79.9 Å². The average molecular weight is 374 g/mol. The lowest BCUT2D eigenvalue weighted by atomic mass is 10.1. The van der Waals surface area contributed by atoms with Gasteiger partial charge in [0.05, 0.1) is 17.3 Å². The van der Waals surface area contributed by atoms with Crippen LogP contribution in [0.2, 0.25) is 0 Å². The number of benzene rings is 2. The second kappa shape index (κ2) is 7.57. The zero-order chi connectivity index (χ0) is 20.4. The Balaban J connectivity index is 2.01. The fourth-order valence-corrected chi connectivity index (χ4v) is 3.05. The van der Waals surface area contributed by atoms with Gasteiger partial charge in [-0.25, -0.2) is 0 Å². The van der Waals surface area contributed by atoms with Gasteiger partial charge in [-0.15, -0.1) is 0 Å². The molecular formula is C22H22N4O2. The Hall–Kier alpha value is -3.59. The number of nitrogens with zero attached hydrogens (tertiary/aromatic N) is 3. The van der Waals surface area contributed by atoms with E-state index in [0.717, 1.165) is 22.4 Å². The van der Waals surface area contributed by atoms with Crippen molar-refractivity contribution in [2.75, 3.05) is 5.32 Å². The Kier molecular flexibility index (Phi) is 5.18. The van der Waals surface area contributed by atoms with E-state index in [1.165, 1.54) is 4.57 Å². The molecule has 1 N–H and O–H groups in total. The molecule has 1 aromatic heterocycles. The highest BCUT2D eigenvalue weighted by Crippen LogP contribution is 2.30. The molecule has 6 heteroatoms. The number of anilines is 2. The van der Waals surface area contributed by atoms with Crippen LogP contribution in [0.4, 0.5) is 11.5 Å². The van der Waals surface area contributed by atoms with Gasteiger partial charge in [0.1, 0.15) is 5.75 Å². The van der Waals surface area contributed by atoms with Crippen molar-refractivity contribution in [2.24, 2.45) is 7.05 Å². The van der Waals surface area contributed by atoms with Gasteiger partial charge in [0.25, 0.3) is 5.56 Å². The summed E-state index contributed by atoms with van der Waals surface area (Å²) in [5.41, 5.74) is 4.77. The van der Waals surface area contributed by atoms with Gasteiger partial charge in [-0.05, 0) is 63.1 Å². The second-order valence-electron chi connectivity index (χ2n) is 6.86. The molecule has 0 bridgehead atoms. The Bertz CT molecular complexity index is 1120. The number of hydrogen-bond donors (Lipinski definition) is 1. The van der Waals surface area contributed by atoms with Crippen LogP contribution in [-0.2, 0) is 7.05 Å². The maximum Gasteiger partial charge on any atom is 0.293 e. The molecule has 28 heavy (non-hydrogen) atoms. The smallest absolute Gasteiger partial charge is 0.293 e. The van der Waals surface area contributed by atoms with E-state index in [1.807, 2.05) is 20.8 Å². The van der Waals surface area contributed by atoms with Crippen molar-refractivity contribution in [1.82, 2.24) is 9.55 Å². The van der Waals surface area contributed by atoms with Crippen LogP contribution in [0, 0.1) is 39.0 Å². The number of nitriles is 1. The first-order valence-electron chi connectivity index (χ1n) is 8.90. The molecule has 0 saturated heterocycles. The molecule has 0 spiro atoms. The number of nitrogens with one attached hydrogen (secondary N) is 1. The lowest BCUT2D eigenvalue weighted by molar-refractivity contribution is 0.443. The summed E-state index contributed by atoms with van der Waals surface area (Å²) in [5.74, 6) is 1.27. The first-order chi connectivity index (χ1) is 13.3. The number of hydrogen-bond acceptors (Lipinski definition) is 5. The molecule has 1 heterocycles. The minimum Gasteiger partial charge on any atom is -0.437 e. The summed E-state index contributed by atoms with van der Waals surface area (Å²) in [6.45, 7) is 7.82. The van der Waals surface area contributed by atoms with Crippen LogP contribution in [0.3, 0.4) is 0 Å². The molecule has 2 aromatic carbocycles. The number of aryl methyl sites for hydroxylation is 3. The van der Waals surface area contributed by atoms with Crippen molar-refractivity contribution in [2.45, 2.75) is 27.7 Å². The molecule has 3 aromatic rings. The average Bonchev–Trinajstić information content (AvgIpc) is 2.66. The van der Waals surface area contributed by atoms with Crippen LogP contribution >= 0.6 is 0 Å². The SMILES string of the molecule is Cc1cc(C)c(Oc2nc(Nc3ccc(C#N)cc3)c(=O)n(C)c2C)c(C)c1. The summed E-state index contributed by atoms with van der Waals surface area (Å²) in [6, 6.07) is 13.0. The van der Waals surface area contributed by atoms with Crippen LogP contribution in [-0.4, -0.2) is 9.55 Å². The zero-order valence-electron chi connectivity index (χ0n) is 16.6. The second-order valence-corrected chi connectivity index (χ2v) is 6.86. The third-order valence-corrected chi connectivity index (χ3v) is 4.61. The van der Waals surface area contributed by atoms with E-state index in [2.05, 4.69) is 28.5 Å². The van der Waals surface area contributed by atoms with Crippen molar-refractivity contribution in [3.05, 3.63) is 74.7 Å². The van der Waals surface area contributed by atoms with Crippen LogP contribution in [0.1, 0.15) is 27.9 Å². The fraction of sp³-hybridized carbons (Fsp3) is 0.227. The molecule has 0 aliphatic carbocycles. The van der Waals surface area contributed by atoms with E-state index in [0.29, 0.717) is 22.8 Å². The lowest BCUT2D eigenvalue weighted by Crippen LogP contribution is -2.24. The summed E-state index contributed by atoms with van der Waals surface area (Å²) < 4.78 is 7.63. The highest BCUT2D eigenvalue weighted by molar-refractivity contribution is 5.57. The molecule has 142 valence electrons. The molecule has 3 rings (SSSR count).